The number of rotatable bonds is 2. The van der Waals surface area contributed by atoms with E-state index in [0.717, 1.165) is 34.0 Å². The van der Waals surface area contributed by atoms with Gasteiger partial charge in [-0.15, -0.1) is 11.3 Å². The van der Waals surface area contributed by atoms with Crippen molar-refractivity contribution in [2.45, 2.75) is 39.2 Å². The molecule has 0 saturated heterocycles. The molecule has 2 aromatic heterocycles. The third-order valence-electron chi connectivity index (χ3n) is 3.15. The van der Waals surface area contributed by atoms with Crippen LogP contribution in [0.15, 0.2) is 12.4 Å². The Balaban J connectivity index is 1.99. The summed E-state index contributed by atoms with van der Waals surface area (Å²) in [6.07, 6.45) is 6.35. The maximum absolute atomic E-state index is 11.8. The van der Waals surface area contributed by atoms with Gasteiger partial charge in [0.25, 0.3) is 0 Å². The first kappa shape index (κ1) is 11.6. The van der Waals surface area contributed by atoms with Crippen LogP contribution in [-0.2, 0) is 6.42 Å². The van der Waals surface area contributed by atoms with Gasteiger partial charge in [-0.25, -0.2) is 4.98 Å². The molecule has 0 unspecified atom stereocenters. The van der Waals surface area contributed by atoms with Crippen LogP contribution in [-0.4, -0.2) is 20.5 Å². The summed E-state index contributed by atoms with van der Waals surface area (Å²) in [5, 5.41) is 5.23. The summed E-state index contributed by atoms with van der Waals surface area (Å²) >= 11 is 1.51. The van der Waals surface area contributed by atoms with Gasteiger partial charge < -0.3 is 0 Å². The first-order valence-electron chi connectivity index (χ1n) is 6.22. The minimum absolute atomic E-state index is 0.247. The van der Waals surface area contributed by atoms with Crippen LogP contribution in [0.4, 0.5) is 0 Å². The van der Waals surface area contributed by atoms with Gasteiger partial charge in [0.2, 0.25) is 0 Å². The van der Waals surface area contributed by atoms with Gasteiger partial charge in [-0.2, -0.15) is 5.10 Å². The summed E-state index contributed by atoms with van der Waals surface area (Å²) in [4.78, 5) is 17.2. The molecule has 0 saturated carbocycles. The SMILES string of the molecule is CC(C)n1cc(-c2nc3c(s2)C(=O)CCC3)cn1. The van der Waals surface area contributed by atoms with Crippen molar-refractivity contribution in [1.82, 2.24) is 14.8 Å². The number of aromatic nitrogens is 3. The van der Waals surface area contributed by atoms with Crippen LogP contribution in [0.25, 0.3) is 10.6 Å². The van der Waals surface area contributed by atoms with Crippen molar-refractivity contribution < 1.29 is 4.79 Å². The van der Waals surface area contributed by atoms with Gasteiger partial charge >= 0.3 is 0 Å². The van der Waals surface area contributed by atoms with E-state index in [4.69, 9.17) is 0 Å². The second-order valence-corrected chi connectivity index (χ2v) is 5.87. The predicted octanol–water partition coefficient (Wildman–Crippen LogP) is 3.11. The summed E-state index contributed by atoms with van der Waals surface area (Å²) < 4.78 is 1.91. The van der Waals surface area contributed by atoms with E-state index < -0.39 is 0 Å². The molecule has 18 heavy (non-hydrogen) atoms. The number of carbonyl (C=O) groups excluding carboxylic acids is 1. The number of Topliss-reactive ketones (excluding diaryl/α,β-unsaturated/α-hetero) is 1. The van der Waals surface area contributed by atoms with Crippen molar-refractivity contribution in [3.63, 3.8) is 0 Å². The van der Waals surface area contributed by atoms with Crippen molar-refractivity contribution in [1.29, 1.82) is 0 Å². The Morgan fingerprint density at radius 2 is 2.22 bits per heavy atom. The number of fused-ring (bicyclic) bond motifs is 1. The van der Waals surface area contributed by atoms with E-state index in [1.807, 2.05) is 17.1 Å². The molecule has 0 spiro atoms. The predicted molar refractivity (Wildman–Crippen MR) is 71.0 cm³/mol. The molecule has 0 atom stereocenters. The molecule has 1 aliphatic carbocycles. The second kappa shape index (κ2) is 4.31. The number of hydrogen-bond acceptors (Lipinski definition) is 4. The highest BCUT2D eigenvalue weighted by Crippen LogP contribution is 2.32. The van der Waals surface area contributed by atoms with Crippen LogP contribution in [0.1, 0.15) is 48.1 Å². The molecular formula is C13H15N3OS. The first-order valence-corrected chi connectivity index (χ1v) is 7.04. The Hall–Kier alpha value is -1.49. The smallest absolute Gasteiger partial charge is 0.174 e. The fraction of sp³-hybridized carbons (Fsp3) is 0.462. The normalized spacial score (nSPS) is 15.2. The Kier molecular flexibility index (Phi) is 2.78. The van der Waals surface area contributed by atoms with Gasteiger partial charge in [-0.3, -0.25) is 9.48 Å². The van der Waals surface area contributed by atoms with E-state index in [1.165, 1.54) is 11.3 Å². The fourth-order valence-corrected chi connectivity index (χ4v) is 3.18. The standard InChI is InChI=1S/C13H15N3OS/c1-8(2)16-7-9(6-14-16)13-15-10-4-3-5-11(17)12(10)18-13/h6-8H,3-5H2,1-2H3. The average Bonchev–Trinajstić information content (AvgIpc) is 2.95. The van der Waals surface area contributed by atoms with Crippen molar-refractivity contribution >= 4 is 17.1 Å². The number of hydrogen-bond donors (Lipinski definition) is 0. The van der Waals surface area contributed by atoms with Crippen molar-refractivity contribution in [2.75, 3.05) is 0 Å². The zero-order chi connectivity index (χ0) is 12.7. The van der Waals surface area contributed by atoms with Crippen molar-refractivity contribution in [3.05, 3.63) is 23.0 Å². The van der Waals surface area contributed by atoms with Gasteiger partial charge in [0.05, 0.1) is 16.8 Å². The summed E-state index contributed by atoms with van der Waals surface area (Å²) in [7, 11) is 0. The maximum atomic E-state index is 11.8. The van der Waals surface area contributed by atoms with Gasteiger partial charge in [-0.1, -0.05) is 0 Å². The first-order chi connectivity index (χ1) is 8.65. The molecule has 0 amide bonds. The quantitative estimate of drug-likeness (QED) is 0.834. The Bertz CT molecular complexity index is 597. The molecule has 0 bridgehead atoms. The lowest BCUT2D eigenvalue weighted by atomic mass is 10.0. The number of ketones is 1. The fourth-order valence-electron chi connectivity index (χ4n) is 2.12. The highest BCUT2D eigenvalue weighted by molar-refractivity contribution is 7.17. The average molecular weight is 261 g/mol. The Labute approximate surface area is 110 Å². The molecule has 3 rings (SSSR count). The molecule has 0 N–H and O–H groups in total. The van der Waals surface area contributed by atoms with E-state index in [2.05, 4.69) is 23.9 Å². The molecule has 0 fully saturated rings. The lowest BCUT2D eigenvalue weighted by Gasteiger charge is -2.06. The number of aryl methyl sites for hydroxylation is 1. The monoisotopic (exact) mass is 261 g/mol. The second-order valence-electron chi connectivity index (χ2n) is 4.87. The molecule has 2 aromatic rings. The molecule has 0 radical (unpaired) electrons. The third-order valence-corrected chi connectivity index (χ3v) is 4.33. The minimum Gasteiger partial charge on any atom is -0.293 e. The minimum atomic E-state index is 0.247. The number of nitrogens with zero attached hydrogens (tertiary/aromatic N) is 3. The number of carbonyl (C=O) groups is 1. The zero-order valence-electron chi connectivity index (χ0n) is 10.5. The molecule has 94 valence electrons. The molecule has 4 nitrogen and oxygen atoms in total. The summed E-state index contributed by atoms with van der Waals surface area (Å²) in [6, 6.07) is 0.343. The Morgan fingerprint density at radius 1 is 1.39 bits per heavy atom. The van der Waals surface area contributed by atoms with Gasteiger partial charge in [0.15, 0.2) is 5.78 Å². The van der Waals surface area contributed by atoms with Crippen molar-refractivity contribution in [3.8, 4) is 10.6 Å². The van der Waals surface area contributed by atoms with Crippen molar-refractivity contribution in [2.24, 2.45) is 0 Å². The van der Waals surface area contributed by atoms with Crippen LogP contribution in [0.5, 0.6) is 0 Å². The highest BCUT2D eigenvalue weighted by Gasteiger charge is 2.23. The van der Waals surface area contributed by atoms with Crippen LogP contribution >= 0.6 is 11.3 Å². The zero-order valence-corrected chi connectivity index (χ0v) is 11.3. The lowest BCUT2D eigenvalue weighted by molar-refractivity contribution is 0.0976. The molecule has 0 aromatic carbocycles. The van der Waals surface area contributed by atoms with E-state index in [0.29, 0.717) is 12.5 Å². The highest BCUT2D eigenvalue weighted by atomic mass is 32.1. The molecular weight excluding hydrogens is 246 g/mol. The molecule has 1 aliphatic rings. The van der Waals surface area contributed by atoms with E-state index in [-0.39, 0.29) is 5.78 Å². The molecule has 5 heteroatoms. The Morgan fingerprint density at radius 3 is 2.89 bits per heavy atom. The van der Waals surface area contributed by atoms with E-state index in [1.54, 1.807) is 0 Å². The van der Waals surface area contributed by atoms with Gasteiger partial charge in [0.1, 0.15) is 5.01 Å². The molecule has 0 aliphatic heterocycles. The van der Waals surface area contributed by atoms with Crippen LogP contribution in [0.2, 0.25) is 0 Å². The number of thiazole rings is 1. The topological polar surface area (TPSA) is 47.8 Å². The van der Waals surface area contributed by atoms with Gasteiger partial charge in [0, 0.05) is 24.2 Å². The third kappa shape index (κ3) is 1.88. The largest absolute Gasteiger partial charge is 0.293 e. The van der Waals surface area contributed by atoms with Gasteiger partial charge in [-0.05, 0) is 26.7 Å². The maximum Gasteiger partial charge on any atom is 0.174 e. The summed E-state index contributed by atoms with van der Waals surface area (Å²) in [5.74, 6) is 0.247. The summed E-state index contributed by atoms with van der Waals surface area (Å²) in [5.41, 5.74) is 1.99. The van der Waals surface area contributed by atoms with E-state index >= 15 is 0 Å². The van der Waals surface area contributed by atoms with Crippen LogP contribution < -0.4 is 0 Å². The summed E-state index contributed by atoms with van der Waals surface area (Å²) in [6.45, 7) is 4.18. The van der Waals surface area contributed by atoms with E-state index in [9.17, 15) is 4.79 Å². The van der Waals surface area contributed by atoms with Crippen LogP contribution in [0.3, 0.4) is 0 Å². The van der Waals surface area contributed by atoms with Crippen LogP contribution in [0, 0.1) is 0 Å². The lowest BCUT2D eigenvalue weighted by Crippen LogP contribution is -2.07. The molecule has 2 heterocycles.